The summed E-state index contributed by atoms with van der Waals surface area (Å²) in [5.41, 5.74) is 2.14. The number of ether oxygens (including phenoxy) is 1. The van der Waals surface area contributed by atoms with Gasteiger partial charge in [-0.05, 0) is 5.56 Å². The zero-order chi connectivity index (χ0) is 13.2. The van der Waals surface area contributed by atoms with E-state index < -0.39 is 0 Å². The van der Waals surface area contributed by atoms with Gasteiger partial charge in [-0.15, -0.1) is 21.8 Å². The van der Waals surface area contributed by atoms with Crippen molar-refractivity contribution in [2.45, 2.75) is 12.5 Å². The van der Waals surface area contributed by atoms with Crippen molar-refractivity contribution in [3.63, 3.8) is 0 Å². The van der Waals surface area contributed by atoms with Crippen molar-refractivity contribution in [1.82, 2.24) is 19.8 Å². The minimum Gasteiger partial charge on any atom is -0.377 e. The summed E-state index contributed by atoms with van der Waals surface area (Å²) in [4.78, 5) is 0.767. The Morgan fingerprint density at radius 1 is 1.26 bits per heavy atom. The van der Waals surface area contributed by atoms with Crippen molar-refractivity contribution >= 4 is 27.9 Å². The highest BCUT2D eigenvalue weighted by atomic mass is 35.5. The molecule has 0 amide bonds. The molecule has 19 heavy (non-hydrogen) atoms. The third kappa shape index (κ3) is 2.34. The van der Waals surface area contributed by atoms with Gasteiger partial charge in [0.15, 0.2) is 5.82 Å². The molecule has 0 saturated carbocycles. The van der Waals surface area contributed by atoms with Crippen LogP contribution in [0, 0.1) is 0 Å². The zero-order valence-electron chi connectivity index (χ0n) is 10.2. The summed E-state index contributed by atoms with van der Waals surface area (Å²) in [6.45, 7) is 0.398. The molecule has 0 atom stereocenters. The van der Waals surface area contributed by atoms with E-state index in [2.05, 4.69) is 15.3 Å². The molecule has 0 aliphatic carbocycles. The van der Waals surface area contributed by atoms with Gasteiger partial charge in [-0.1, -0.05) is 35.6 Å². The standard InChI is InChI=1S/C12H11ClN4OS/c1-18-7-10-14-15-12-17(10)16-11(19-12)9-4-2-8(6-13)3-5-9/h2-5H,6-7H2,1H3. The van der Waals surface area contributed by atoms with Gasteiger partial charge >= 0.3 is 0 Å². The molecule has 0 spiro atoms. The molecule has 98 valence electrons. The molecular formula is C12H11ClN4OS. The van der Waals surface area contributed by atoms with Gasteiger partial charge in [0.2, 0.25) is 4.96 Å². The van der Waals surface area contributed by atoms with Crippen molar-refractivity contribution in [3.05, 3.63) is 35.7 Å². The van der Waals surface area contributed by atoms with Crippen LogP contribution in [0.2, 0.25) is 0 Å². The van der Waals surface area contributed by atoms with Crippen molar-refractivity contribution in [3.8, 4) is 10.6 Å². The Labute approximate surface area is 118 Å². The van der Waals surface area contributed by atoms with Crippen LogP contribution in [-0.4, -0.2) is 26.9 Å². The summed E-state index contributed by atoms with van der Waals surface area (Å²) in [6.07, 6.45) is 0. The summed E-state index contributed by atoms with van der Waals surface area (Å²) in [5, 5.41) is 13.5. The van der Waals surface area contributed by atoms with E-state index in [-0.39, 0.29) is 0 Å². The lowest BCUT2D eigenvalue weighted by Gasteiger charge is -1.97. The number of benzene rings is 1. The van der Waals surface area contributed by atoms with Crippen LogP contribution in [0.3, 0.4) is 0 Å². The molecule has 3 rings (SSSR count). The molecule has 0 unspecified atom stereocenters. The summed E-state index contributed by atoms with van der Waals surface area (Å²) >= 11 is 7.28. The van der Waals surface area contributed by atoms with E-state index in [4.69, 9.17) is 16.3 Å². The second kappa shape index (κ2) is 5.24. The van der Waals surface area contributed by atoms with Gasteiger partial charge in [-0.3, -0.25) is 0 Å². The van der Waals surface area contributed by atoms with Crippen LogP contribution in [0.15, 0.2) is 24.3 Å². The van der Waals surface area contributed by atoms with Crippen LogP contribution in [-0.2, 0) is 17.2 Å². The maximum atomic E-state index is 5.78. The van der Waals surface area contributed by atoms with Crippen LogP contribution in [0.4, 0.5) is 0 Å². The molecule has 1 aromatic carbocycles. The van der Waals surface area contributed by atoms with Crippen LogP contribution in [0.1, 0.15) is 11.4 Å². The molecule has 0 radical (unpaired) electrons. The lowest BCUT2D eigenvalue weighted by molar-refractivity contribution is 0.176. The number of rotatable bonds is 4. The van der Waals surface area contributed by atoms with Gasteiger partial charge in [0.05, 0.1) is 0 Å². The molecule has 2 aromatic heterocycles. The molecule has 0 aliphatic heterocycles. The SMILES string of the molecule is COCc1nnc2sc(-c3ccc(CCl)cc3)nn12. The largest absolute Gasteiger partial charge is 0.377 e. The summed E-state index contributed by atoms with van der Waals surface area (Å²) in [7, 11) is 1.62. The quantitative estimate of drug-likeness (QED) is 0.694. The maximum absolute atomic E-state index is 5.78. The molecule has 2 heterocycles. The first-order valence-electron chi connectivity index (χ1n) is 5.67. The molecule has 7 heteroatoms. The Kier molecular flexibility index (Phi) is 3.46. The number of halogens is 1. The van der Waals surface area contributed by atoms with Crippen molar-refractivity contribution < 1.29 is 4.74 Å². The van der Waals surface area contributed by atoms with Crippen molar-refractivity contribution in [2.75, 3.05) is 7.11 Å². The fraction of sp³-hybridized carbons (Fsp3) is 0.250. The predicted molar refractivity (Wildman–Crippen MR) is 74.4 cm³/mol. The van der Waals surface area contributed by atoms with Crippen LogP contribution < -0.4 is 0 Å². The number of aromatic nitrogens is 4. The molecule has 3 aromatic rings. The first-order chi connectivity index (χ1) is 9.31. The van der Waals surface area contributed by atoms with Gasteiger partial charge in [0, 0.05) is 18.6 Å². The highest BCUT2D eigenvalue weighted by molar-refractivity contribution is 7.19. The first-order valence-corrected chi connectivity index (χ1v) is 7.02. The number of alkyl halides is 1. The van der Waals surface area contributed by atoms with E-state index >= 15 is 0 Å². The van der Waals surface area contributed by atoms with Crippen molar-refractivity contribution in [2.24, 2.45) is 0 Å². The van der Waals surface area contributed by atoms with Crippen molar-refractivity contribution in [1.29, 1.82) is 0 Å². The third-order valence-corrected chi connectivity index (χ3v) is 3.94. The smallest absolute Gasteiger partial charge is 0.235 e. The highest BCUT2D eigenvalue weighted by Gasteiger charge is 2.12. The molecule has 5 nitrogen and oxygen atoms in total. The normalized spacial score (nSPS) is 11.3. The second-order valence-electron chi connectivity index (χ2n) is 3.98. The van der Waals surface area contributed by atoms with Gasteiger partial charge in [-0.2, -0.15) is 9.61 Å². The van der Waals surface area contributed by atoms with Gasteiger partial charge in [0.25, 0.3) is 0 Å². The van der Waals surface area contributed by atoms with Gasteiger partial charge in [0.1, 0.15) is 11.6 Å². The Hall–Kier alpha value is -1.50. The highest BCUT2D eigenvalue weighted by Crippen LogP contribution is 2.26. The Morgan fingerprint density at radius 3 is 2.74 bits per heavy atom. The van der Waals surface area contributed by atoms with E-state index in [1.807, 2.05) is 24.3 Å². The number of hydrogen-bond donors (Lipinski definition) is 0. The number of hydrogen-bond acceptors (Lipinski definition) is 5. The Morgan fingerprint density at radius 2 is 2.05 bits per heavy atom. The number of methoxy groups -OCH3 is 1. The molecular weight excluding hydrogens is 284 g/mol. The fourth-order valence-electron chi connectivity index (χ4n) is 1.73. The fourth-order valence-corrected chi connectivity index (χ4v) is 2.77. The van der Waals surface area contributed by atoms with Crippen LogP contribution in [0.5, 0.6) is 0 Å². The third-order valence-electron chi connectivity index (χ3n) is 2.68. The lowest BCUT2D eigenvalue weighted by Crippen LogP contribution is -1.97. The average molecular weight is 295 g/mol. The van der Waals surface area contributed by atoms with E-state index in [0.29, 0.717) is 18.3 Å². The first kappa shape index (κ1) is 12.5. The topological polar surface area (TPSA) is 52.3 Å². The molecule has 0 bridgehead atoms. The zero-order valence-corrected chi connectivity index (χ0v) is 11.8. The minimum atomic E-state index is 0.398. The monoisotopic (exact) mass is 294 g/mol. The van der Waals surface area contributed by atoms with Crippen LogP contribution in [0.25, 0.3) is 15.5 Å². The minimum absolute atomic E-state index is 0.398. The summed E-state index contributed by atoms with van der Waals surface area (Å²) in [6, 6.07) is 8.03. The summed E-state index contributed by atoms with van der Waals surface area (Å²) in [5.74, 6) is 1.22. The van der Waals surface area contributed by atoms with Gasteiger partial charge < -0.3 is 4.74 Å². The Bertz CT molecular complexity index is 691. The molecule has 0 N–H and O–H groups in total. The van der Waals surface area contributed by atoms with E-state index in [1.165, 1.54) is 11.3 Å². The molecule has 0 saturated heterocycles. The molecule has 0 aliphatic rings. The van der Waals surface area contributed by atoms with Crippen LogP contribution >= 0.6 is 22.9 Å². The van der Waals surface area contributed by atoms with Gasteiger partial charge in [-0.25, -0.2) is 0 Å². The van der Waals surface area contributed by atoms with E-state index in [9.17, 15) is 0 Å². The number of fused-ring (bicyclic) bond motifs is 1. The second-order valence-corrected chi connectivity index (χ2v) is 5.20. The lowest BCUT2D eigenvalue weighted by atomic mass is 10.2. The van der Waals surface area contributed by atoms with E-state index in [1.54, 1.807) is 11.6 Å². The summed E-state index contributed by atoms with van der Waals surface area (Å²) < 4.78 is 6.79. The maximum Gasteiger partial charge on any atom is 0.235 e. The van der Waals surface area contributed by atoms with E-state index in [0.717, 1.165) is 21.1 Å². The average Bonchev–Trinajstić information content (AvgIpc) is 3.01. The predicted octanol–water partition coefficient (Wildman–Crippen LogP) is 2.74. The molecule has 0 fully saturated rings. The number of nitrogens with zero attached hydrogens (tertiary/aromatic N) is 4. The Balaban J connectivity index is 1.99.